The van der Waals surface area contributed by atoms with E-state index in [1.54, 1.807) is 5.32 Å². The van der Waals surface area contributed by atoms with E-state index in [4.69, 9.17) is 0 Å². The van der Waals surface area contributed by atoms with E-state index in [0.717, 1.165) is 0 Å². The van der Waals surface area contributed by atoms with Crippen molar-refractivity contribution in [3.8, 4) is 0 Å². The third-order valence-electron chi connectivity index (χ3n) is 1.90. The van der Waals surface area contributed by atoms with E-state index in [9.17, 15) is 19.8 Å². The first-order valence-electron chi connectivity index (χ1n) is 3.35. The molecule has 5 heteroatoms. The minimum atomic E-state index is -1.20. The summed E-state index contributed by atoms with van der Waals surface area (Å²) in [6, 6.07) is -0.687. The van der Waals surface area contributed by atoms with Gasteiger partial charge in [-0.05, 0) is 0 Å². The fourth-order valence-corrected chi connectivity index (χ4v) is 1.18. The quantitative estimate of drug-likeness (QED) is 0.447. The number of carbonyl (C=O) groups excluding carboxylic acids is 2. The molecule has 2 atom stereocenters. The number of aliphatic carboxylic acids is 2. The van der Waals surface area contributed by atoms with Crippen molar-refractivity contribution >= 4 is 11.9 Å². The van der Waals surface area contributed by atoms with Crippen LogP contribution in [0.5, 0.6) is 0 Å². The number of carboxylic acids is 2. The lowest BCUT2D eigenvalue weighted by atomic mass is 9.89. The summed E-state index contributed by atoms with van der Waals surface area (Å²) < 4.78 is 0. The summed E-state index contributed by atoms with van der Waals surface area (Å²) in [5.41, 5.74) is 0. The van der Waals surface area contributed by atoms with Crippen molar-refractivity contribution in [2.24, 2.45) is 5.92 Å². The summed E-state index contributed by atoms with van der Waals surface area (Å²) in [6.07, 6.45) is -0.185. The Morgan fingerprint density at radius 1 is 1.45 bits per heavy atom. The molecule has 1 rings (SSSR count). The monoisotopic (exact) mass is 158 g/mol. The molecule has 0 spiro atoms. The minimum Gasteiger partial charge on any atom is -0.550 e. The lowest BCUT2D eigenvalue weighted by Crippen LogP contribution is -3.05. The molecule has 0 bridgehead atoms. The van der Waals surface area contributed by atoms with Gasteiger partial charge >= 0.3 is 0 Å². The van der Waals surface area contributed by atoms with E-state index < -0.39 is 18.0 Å². The predicted molar refractivity (Wildman–Crippen MR) is 28.7 cm³/mol. The van der Waals surface area contributed by atoms with Crippen LogP contribution in [-0.4, -0.2) is 24.5 Å². The Balaban J connectivity index is 2.37. The van der Waals surface area contributed by atoms with Gasteiger partial charge in [0.15, 0.2) is 0 Å². The van der Waals surface area contributed by atoms with Gasteiger partial charge in [-0.2, -0.15) is 0 Å². The van der Waals surface area contributed by atoms with E-state index in [1.165, 1.54) is 0 Å². The number of carboxylic acid groups (broad SMARTS) is 2. The van der Waals surface area contributed by atoms with Crippen molar-refractivity contribution in [1.29, 1.82) is 0 Å². The Bertz CT molecular complexity index is 191. The van der Waals surface area contributed by atoms with Crippen molar-refractivity contribution in [3.05, 3.63) is 0 Å². The first kappa shape index (κ1) is 8.00. The third-order valence-corrected chi connectivity index (χ3v) is 1.90. The molecule has 0 aliphatic carbocycles. The molecule has 1 fully saturated rings. The van der Waals surface area contributed by atoms with E-state index in [1.807, 2.05) is 0 Å². The van der Waals surface area contributed by atoms with Crippen LogP contribution in [0.4, 0.5) is 0 Å². The molecule has 1 heterocycles. The van der Waals surface area contributed by atoms with Gasteiger partial charge in [0.1, 0.15) is 6.04 Å². The second-order valence-corrected chi connectivity index (χ2v) is 2.65. The summed E-state index contributed by atoms with van der Waals surface area (Å²) in [6.45, 7) is 0.534. The van der Waals surface area contributed by atoms with Gasteiger partial charge < -0.3 is 25.1 Å². The van der Waals surface area contributed by atoms with Crippen molar-refractivity contribution < 1.29 is 25.1 Å². The molecule has 5 nitrogen and oxygen atoms in total. The third kappa shape index (κ3) is 1.68. The van der Waals surface area contributed by atoms with Crippen LogP contribution in [-0.2, 0) is 9.59 Å². The molecule has 0 aromatic heterocycles. The first-order chi connectivity index (χ1) is 5.11. The molecule has 62 valence electrons. The van der Waals surface area contributed by atoms with Crippen LogP contribution in [0.25, 0.3) is 0 Å². The Morgan fingerprint density at radius 3 is 2.36 bits per heavy atom. The van der Waals surface area contributed by atoms with Gasteiger partial charge in [0.2, 0.25) is 0 Å². The van der Waals surface area contributed by atoms with Crippen LogP contribution >= 0.6 is 0 Å². The Morgan fingerprint density at radius 2 is 2.09 bits per heavy atom. The van der Waals surface area contributed by atoms with Gasteiger partial charge in [0, 0.05) is 12.4 Å². The molecule has 2 N–H and O–H groups in total. The summed E-state index contributed by atoms with van der Waals surface area (Å²) in [5.74, 6) is -2.71. The normalized spacial score (nSPS) is 29.1. The summed E-state index contributed by atoms with van der Waals surface area (Å²) in [5, 5.41) is 21.8. The zero-order chi connectivity index (χ0) is 8.43. The summed E-state index contributed by atoms with van der Waals surface area (Å²) in [7, 11) is 0. The van der Waals surface area contributed by atoms with Crippen molar-refractivity contribution in [1.82, 2.24) is 0 Å². The molecule has 0 saturated carbocycles. The zero-order valence-corrected chi connectivity index (χ0v) is 5.78. The van der Waals surface area contributed by atoms with Crippen LogP contribution in [0.15, 0.2) is 0 Å². The van der Waals surface area contributed by atoms with Gasteiger partial charge in [-0.25, -0.2) is 0 Å². The van der Waals surface area contributed by atoms with Crippen LogP contribution in [0.3, 0.4) is 0 Å². The molecule has 0 aromatic rings. The molecule has 1 saturated heterocycles. The smallest absolute Gasteiger partial charge is 0.135 e. The molecule has 1 aliphatic rings. The second kappa shape index (κ2) is 2.87. The molecular weight excluding hydrogens is 150 g/mol. The number of rotatable bonds is 3. The second-order valence-electron chi connectivity index (χ2n) is 2.65. The lowest BCUT2D eigenvalue weighted by molar-refractivity contribution is -0.753. The molecule has 0 radical (unpaired) electrons. The van der Waals surface area contributed by atoms with Gasteiger partial charge in [-0.1, -0.05) is 0 Å². The average Bonchev–Trinajstić information content (AvgIpc) is 1.78. The first-order valence-corrected chi connectivity index (χ1v) is 3.35. The molecular formula is C6H8NO4-. The topological polar surface area (TPSA) is 96.9 Å². The highest BCUT2D eigenvalue weighted by atomic mass is 16.4. The standard InChI is InChI=1S/C6H9NO4/c8-4(9)1-3-2-7-5(3)6(10)11/h3,5,7H,1-2H2,(H,8,9)(H,10,11)/p-1/t3-,5-/m0/s1. The van der Waals surface area contributed by atoms with Gasteiger partial charge in [-0.15, -0.1) is 0 Å². The molecule has 0 aromatic carbocycles. The lowest BCUT2D eigenvalue weighted by Gasteiger charge is -2.34. The van der Waals surface area contributed by atoms with Crippen molar-refractivity contribution in [2.75, 3.05) is 6.54 Å². The minimum absolute atomic E-state index is 0.185. The number of nitrogens with two attached hydrogens (primary N) is 1. The highest BCUT2D eigenvalue weighted by Gasteiger charge is 2.36. The maximum absolute atomic E-state index is 10.2. The van der Waals surface area contributed by atoms with E-state index in [2.05, 4.69) is 0 Å². The Hall–Kier alpha value is -1.10. The van der Waals surface area contributed by atoms with E-state index in [0.29, 0.717) is 6.54 Å². The molecule has 0 amide bonds. The van der Waals surface area contributed by atoms with Crippen molar-refractivity contribution in [2.45, 2.75) is 12.5 Å². The maximum Gasteiger partial charge on any atom is 0.135 e. The van der Waals surface area contributed by atoms with E-state index in [-0.39, 0.29) is 12.3 Å². The largest absolute Gasteiger partial charge is 0.550 e. The molecule has 1 aliphatic heterocycles. The Kier molecular flexibility index (Phi) is 2.09. The predicted octanol–water partition coefficient (Wildman–Crippen LogP) is -4.56. The van der Waals surface area contributed by atoms with Crippen LogP contribution in [0.2, 0.25) is 0 Å². The highest BCUT2D eigenvalue weighted by molar-refractivity contribution is 5.72. The highest BCUT2D eigenvalue weighted by Crippen LogP contribution is 2.08. The number of quaternary nitrogens is 1. The number of carbonyl (C=O) groups is 2. The van der Waals surface area contributed by atoms with Gasteiger partial charge in [0.25, 0.3) is 0 Å². The fraction of sp³-hybridized carbons (Fsp3) is 0.667. The summed E-state index contributed by atoms with van der Waals surface area (Å²) >= 11 is 0. The molecule has 0 unspecified atom stereocenters. The number of hydrogen-bond donors (Lipinski definition) is 1. The zero-order valence-electron chi connectivity index (χ0n) is 5.78. The summed E-state index contributed by atoms with van der Waals surface area (Å²) in [4.78, 5) is 20.3. The van der Waals surface area contributed by atoms with Crippen molar-refractivity contribution in [3.63, 3.8) is 0 Å². The van der Waals surface area contributed by atoms with Crippen LogP contribution in [0, 0.1) is 5.92 Å². The van der Waals surface area contributed by atoms with Crippen LogP contribution in [0.1, 0.15) is 6.42 Å². The average molecular weight is 158 g/mol. The fourth-order valence-electron chi connectivity index (χ4n) is 1.18. The Labute approximate surface area is 63.0 Å². The van der Waals surface area contributed by atoms with Gasteiger partial charge in [-0.3, -0.25) is 0 Å². The van der Waals surface area contributed by atoms with Gasteiger partial charge in [0.05, 0.1) is 18.4 Å². The SMILES string of the molecule is O=C([O-])C[C@H]1C[NH2+][C@@H]1C(=O)[O-]. The number of hydrogen-bond acceptors (Lipinski definition) is 4. The molecule has 11 heavy (non-hydrogen) atoms. The van der Waals surface area contributed by atoms with E-state index >= 15 is 0 Å². The maximum atomic E-state index is 10.2. The van der Waals surface area contributed by atoms with Crippen LogP contribution < -0.4 is 15.5 Å².